The summed E-state index contributed by atoms with van der Waals surface area (Å²) in [5, 5.41) is 3.68. The molecule has 2 heterocycles. The summed E-state index contributed by atoms with van der Waals surface area (Å²) in [6.07, 6.45) is 3.71. The molecular weight excluding hydrogens is 328 g/mol. The number of rotatable bonds is 4. The van der Waals surface area contributed by atoms with Crippen LogP contribution in [0.3, 0.4) is 0 Å². The lowest BCUT2D eigenvalue weighted by Crippen LogP contribution is -2.55. The summed E-state index contributed by atoms with van der Waals surface area (Å²) in [5.41, 5.74) is 0. The summed E-state index contributed by atoms with van der Waals surface area (Å²) in [6.45, 7) is 5.37. The lowest BCUT2D eigenvalue weighted by molar-refractivity contribution is -0.126. The minimum Gasteiger partial charge on any atom is -0.354 e. The minimum absolute atomic E-state index is 0.0574. The molecular formula is C12H17BrN4OS. The number of hydrogen-bond acceptors (Lipinski definition) is 5. The summed E-state index contributed by atoms with van der Waals surface area (Å²) in [6, 6.07) is 0.190. The zero-order valence-corrected chi connectivity index (χ0v) is 13.6. The zero-order valence-electron chi connectivity index (χ0n) is 11.2. The molecule has 0 saturated carbocycles. The van der Waals surface area contributed by atoms with Crippen molar-refractivity contribution in [3.05, 3.63) is 10.7 Å². The first-order chi connectivity index (χ1) is 9.01. The summed E-state index contributed by atoms with van der Waals surface area (Å²) >= 11 is 4.97. The molecule has 1 aromatic rings. The average molecular weight is 345 g/mol. The molecule has 1 amide bonds. The molecule has 0 atom stereocenters. The highest BCUT2D eigenvalue weighted by atomic mass is 79.9. The van der Waals surface area contributed by atoms with Crippen molar-refractivity contribution in [2.45, 2.75) is 25.0 Å². The van der Waals surface area contributed by atoms with Crippen LogP contribution in [0.5, 0.6) is 0 Å². The third-order valence-electron chi connectivity index (χ3n) is 2.87. The summed E-state index contributed by atoms with van der Waals surface area (Å²) < 4.78 is 0.869. The molecule has 0 spiro atoms. The molecule has 19 heavy (non-hydrogen) atoms. The van der Waals surface area contributed by atoms with Crippen molar-refractivity contribution in [1.29, 1.82) is 0 Å². The monoisotopic (exact) mass is 344 g/mol. The maximum absolute atomic E-state index is 11.8. The SMILES string of the molecule is CSc1ncc(Br)c(N2CC(C(=O)NC(C)C)C2)n1. The number of carbonyl (C=O) groups is 1. The Morgan fingerprint density at radius 1 is 1.58 bits per heavy atom. The maximum Gasteiger partial charge on any atom is 0.226 e. The fourth-order valence-corrected chi connectivity index (χ4v) is 2.66. The number of hydrogen-bond donors (Lipinski definition) is 1. The number of aromatic nitrogens is 2. The Bertz CT molecular complexity index is 477. The van der Waals surface area contributed by atoms with E-state index in [2.05, 4.69) is 36.1 Å². The number of nitrogens with zero attached hydrogens (tertiary/aromatic N) is 3. The lowest BCUT2D eigenvalue weighted by Gasteiger charge is -2.39. The van der Waals surface area contributed by atoms with Gasteiger partial charge in [0, 0.05) is 25.3 Å². The Labute approximate surface area is 125 Å². The van der Waals surface area contributed by atoms with Crippen molar-refractivity contribution in [3.63, 3.8) is 0 Å². The van der Waals surface area contributed by atoms with Gasteiger partial charge >= 0.3 is 0 Å². The van der Waals surface area contributed by atoms with E-state index in [1.807, 2.05) is 20.1 Å². The van der Waals surface area contributed by atoms with Gasteiger partial charge in [0.05, 0.1) is 10.4 Å². The first kappa shape index (κ1) is 14.6. The Morgan fingerprint density at radius 3 is 2.84 bits per heavy atom. The summed E-state index contributed by atoms with van der Waals surface area (Å²) in [4.78, 5) is 22.6. The quantitative estimate of drug-likeness (QED) is 0.667. The van der Waals surface area contributed by atoms with Crippen LogP contribution in [0.4, 0.5) is 5.82 Å². The summed E-state index contributed by atoms with van der Waals surface area (Å²) in [5.74, 6) is 1.05. The first-order valence-electron chi connectivity index (χ1n) is 6.13. The fraction of sp³-hybridized carbons (Fsp3) is 0.583. The van der Waals surface area contributed by atoms with E-state index >= 15 is 0 Å². The topological polar surface area (TPSA) is 58.1 Å². The van der Waals surface area contributed by atoms with E-state index < -0.39 is 0 Å². The largest absolute Gasteiger partial charge is 0.354 e. The Balaban J connectivity index is 1.98. The molecule has 104 valence electrons. The van der Waals surface area contributed by atoms with Crippen LogP contribution in [0.1, 0.15) is 13.8 Å². The first-order valence-corrected chi connectivity index (χ1v) is 8.15. The second-order valence-corrected chi connectivity index (χ2v) is 6.42. The van der Waals surface area contributed by atoms with Crippen LogP contribution in [-0.4, -0.2) is 41.3 Å². The van der Waals surface area contributed by atoms with Crippen molar-refractivity contribution in [2.24, 2.45) is 5.92 Å². The van der Waals surface area contributed by atoms with Gasteiger partial charge in [0.1, 0.15) is 5.82 Å². The third-order valence-corrected chi connectivity index (χ3v) is 3.99. The van der Waals surface area contributed by atoms with E-state index in [4.69, 9.17) is 0 Å². The van der Waals surface area contributed by atoms with Gasteiger partial charge < -0.3 is 10.2 Å². The fourth-order valence-electron chi connectivity index (χ4n) is 1.88. The van der Waals surface area contributed by atoms with Crippen LogP contribution in [0, 0.1) is 5.92 Å². The highest BCUT2D eigenvalue weighted by Gasteiger charge is 2.34. The maximum atomic E-state index is 11.8. The Morgan fingerprint density at radius 2 is 2.26 bits per heavy atom. The van der Waals surface area contributed by atoms with E-state index in [9.17, 15) is 4.79 Å². The molecule has 1 N–H and O–H groups in total. The van der Waals surface area contributed by atoms with Gasteiger partial charge in [-0.15, -0.1) is 0 Å². The third kappa shape index (κ3) is 3.39. The van der Waals surface area contributed by atoms with Gasteiger partial charge in [-0.1, -0.05) is 11.8 Å². The van der Waals surface area contributed by atoms with Gasteiger partial charge in [0.15, 0.2) is 5.16 Å². The molecule has 0 radical (unpaired) electrons. The molecule has 1 aromatic heterocycles. The molecule has 0 aliphatic carbocycles. The van der Waals surface area contributed by atoms with Crippen molar-refractivity contribution < 1.29 is 4.79 Å². The van der Waals surface area contributed by atoms with E-state index in [0.717, 1.165) is 15.4 Å². The molecule has 5 nitrogen and oxygen atoms in total. The van der Waals surface area contributed by atoms with E-state index in [1.165, 1.54) is 11.8 Å². The van der Waals surface area contributed by atoms with Crippen molar-refractivity contribution in [2.75, 3.05) is 24.2 Å². The predicted molar refractivity (Wildman–Crippen MR) is 80.5 cm³/mol. The van der Waals surface area contributed by atoms with Gasteiger partial charge in [-0.05, 0) is 36.0 Å². The van der Waals surface area contributed by atoms with Crippen LogP contribution in [0.25, 0.3) is 0 Å². The zero-order chi connectivity index (χ0) is 14.0. The van der Waals surface area contributed by atoms with Gasteiger partial charge in [0.25, 0.3) is 0 Å². The van der Waals surface area contributed by atoms with Crippen molar-refractivity contribution >= 4 is 39.4 Å². The van der Waals surface area contributed by atoms with Crippen LogP contribution in [0.15, 0.2) is 15.8 Å². The number of thioether (sulfide) groups is 1. The molecule has 2 rings (SSSR count). The molecule has 1 fully saturated rings. The minimum atomic E-state index is 0.0574. The van der Waals surface area contributed by atoms with Crippen LogP contribution in [0.2, 0.25) is 0 Å². The highest BCUT2D eigenvalue weighted by molar-refractivity contribution is 9.10. The van der Waals surface area contributed by atoms with Crippen molar-refractivity contribution in [3.8, 4) is 0 Å². The number of amides is 1. The molecule has 1 aliphatic rings. The smallest absolute Gasteiger partial charge is 0.226 e. The van der Waals surface area contributed by atoms with Gasteiger partial charge in [-0.3, -0.25) is 4.79 Å². The molecule has 0 unspecified atom stereocenters. The van der Waals surface area contributed by atoms with Gasteiger partial charge in [-0.2, -0.15) is 0 Å². The van der Waals surface area contributed by atoms with E-state index in [0.29, 0.717) is 13.1 Å². The van der Waals surface area contributed by atoms with E-state index in [1.54, 1.807) is 6.20 Å². The molecule has 0 aromatic carbocycles. The highest BCUT2D eigenvalue weighted by Crippen LogP contribution is 2.30. The molecule has 1 aliphatic heterocycles. The predicted octanol–water partition coefficient (Wildman–Crippen LogP) is 1.92. The lowest BCUT2D eigenvalue weighted by atomic mass is 9.99. The number of halogens is 1. The average Bonchev–Trinajstić information content (AvgIpc) is 2.28. The van der Waals surface area contributed by atoms with E-state index in [-0.39, 0.29) is 17.9 Å². The second-order valence-electron chi connectivity index (χ2n) is 4.79. The molecule has 1 saturated heterocycles. The number of anilines is 1. The van der Waals surface area contributed by atoms with Crippen molar-refractivity contribution in [1.82, 2.24) is 15.3 Å². The van der Waals surface area contributed by atoms with Crippen LogP contribution < -0.4 is 10.2 Å². The second kappa shape index (κ2) is 6.09. The van der Waals surface area contributed by atoms with Crippen LogP contribution >= 0.6 is 27.7 Å². The molecule has 7 heteroatoms. The molecule has 0 bridgehead atoms. The van der Waals surface area contributed by atoms with Gasteiger partial charge in [0.2, 0.25) is 5.91 Å². The Hall–Kier alpha value is -0.820. The number of nitrogens with one attached hydrogen (secondary N) is 1. The summed E-state index contributed by atoms with van der Waals surface area (Å²) in [7, 11) is 0. The standard InChI is InChI=1S/C12H17BrN4OS/c1-7(2)15-11(18)8-5-17(6-8)10-9(13)4-14-12(16-10)19-3/h4,7-8H,5-6H2,1-3H3,(H,15,18). The Kier molecular flexibility index (Phi) is 4.67. The van der Waals surface area contributed by atoms with Gasteiger partial charge in [-0.25, -0.2) is 9.97 Å². The van der Waals surface area contributed by atoms with Crippen LogP contribution in [-0.2, 0) is 4.79 Å². The normalized spacial score (nSPS) is 15.5. The number of carbonyl (C=O) groups excluding carboxylic acids is 1.